The van der Waals surface area contributed by atoms with Crippen molar-refractivity contribution in [3.63, 3.8) is 0 Å². The summed E-state index contributed by atoms with van der Waals surface area (Å²) < 4.78 is 1.88. The van der Waals surface area contributed by atoms with Crippen LogP contribution in [-0.2, 0) is 6.54 Å². The van der Waals surface area contributed by atoms with Gasteiger partial charge in [0.15, 0.2) is 5.96 Å². The molecular formula is C19H27N5. The van der Waals surface area contributed by atoms with Gasteiger partial charge in [0.2, 0.25) is 0 Å². The number of aromatic nitrogens is 2. The highest BCUT2D eigenvalue weighted by molar-refractivity contribution is 5.79. The molecular weight excluding hydrogens is 298 g/mol. The van der Waals surface area contributed by atoms with Gasteiger partial charge in [0.05, 0.1) is 18.4 Å². The molecule has 0 aliphatic rings. The summed E-state index contributed by atoms with van der Waals surface area (Å²) in [4.78, 5) is 6.88. The summed E-state index contributed by atoms with van der Waals surface area (Å²) in [6.07, 6.45) is 7.96. The van der Waals surface area contributed by atoms with E-state index in [9.17, 15) is 0 Å². The molecule has 0 radical (unpaired) electrons. The van der Waals surface area contributed by atoms with Crippen molar-refractivity contribution in [1.29, 1.82) is 0 Å². The van der Waals surface area contributed by atoms with E-state index in [1.165, 1.54) is 0 Å². The second-order valence-corrected chi connectivity index (χ2v) is 5.65. The third-order valence-electron chi connectivity index (χ3n) is 3.67. The molecule has 128 valence electrons. The van der Waals surface area contributed by atoms with E-state index in [0.29, 0.717) is 6.54 Å². The van der Waals surface area contributed by atoms with Gasteiger partial charge in [0.25, 0.3) is 0 Å². The molecule has 1 N–H and O–H groups in total. The molecule has 2 rings (SSSR count). The number of unbranched alkanes of at least 4 members (excludes halogenated alkanes) is 1. The van der Waals surface area contributed by atoms with Gasteiger partial charge < -0.3 is 10.2 Å². The predicted molar refractivity (Wildman–Crippen MR) is 100 cm³/mol. The third kappa shape index (κ3) is 5.26. The molecule has 1 aromatic heterocycles. The first kappa shape index (κ1) is 17.8. The molecule has 0 atom stereocenters. The summed E-state index contributed by atoms with van der Waals surface area (Å²) in [6, 6.07) is 10.1. The minimum Gasteiger partial charge on any atom is -0.357 e. The van der Waals surface area contributed by atoms with Gasteiger partial charge in [0.1, 0.15) is 0 Å². The minimum atomic E-state index is 0.612. The summed E-state index contributed by atoms with van der Waals surface area (Å²) in [5.41, 5.74) is 2.15. The largest absolute Gasteiger partial charge is 0.357 e. The quantitative estimate of drug-likeness (QED) is 0.351. The van der Waals surface area contributed by atoms with Crippen LogP contribution in [0, 0.1) is 0 Å². The van der Waals surface area contributed by atoms with Crippen molar-refractivity contribution < 1.29 is 0 Å². The summed E-state index contributed by atoms with van der Waals surface area (Å²) >= 11 is 0. The molecule has 0 aliphatic heterocycles. The smallest absolute Gasteiger partial charge is 0.193 e. The number of allylic oxidation sites excluding steroid dienone is 1. The van der Waals surface area contributed by atoms with Crippen LogP contribution >= 0.6 is 0 Å². The van der Waals surface area contributed by atoms with Crippen LogP contribution in [0.1, 0.15) is 25.3 Å². The Morgan fingerprint density at radius 1 is 1.38 bits per heavy atom. The minimum absolute atomic E-state index is 0.612. The third-order valence-corrected chi connectivity index (χ3v) is 3.67. The van der Waals surface area contributed by atoms with Crippen LogP contribution in [0.5, 0.6) is 0 Å². The van der Waals surface area contributed by atoms with E-state index < -0.39 is 0 Å². The van der Waals surface area contributed by atoms with Crippen molar-refractivity contribution in [2.45, 2.75) is 26.3 Å². The number of aliphatic imine (C=N–C) groups is 1. The van der Waals surface area contributed by atoms with Crippen LogP contribution in [0.4, 0.5) is 0 Å². The fourth-order valence-corrected chi connectivity index (χ4v) is 2.38. The lowest BCUT2D eigenvalue weighted by Gasteiger charge is -2.21. The molecule has 2 aromatic rings. The van der Waals surface area contributed by atoms with E-state index in [2.05, 4.69) is 35.9 Å². The first-order chi connectivity index (χ1) is 11.7. The Morgan fingerprint density at radius 3 is 2.88 bits per heavy atom. The molecule has 0 fully saturated rings. The Balaban J connectivity index is 2.00. The fraction of sp³-hybridized carbons (Fsp3) is 0.368. The highest BCUT2D eigenvalue weighted by atomic mass is 15.3. The molecule has 0 spiro atoms. The lowest BCUT2D eigenvalue weighted by molar-refractivity contribution is 0.470. The summed E-state index contributed by atoms with van der Waals surface area (Å²) in [5, 5.41) is 7.76. The summed E-state index contributed by atoms with van der Waals surface area (Å²) in [7, 11) is 2.07. The van der Waals surface area contributed by atoms with Crippen molar-refractivity contribution in [1.82, 2.24) is 20.0 Å². The molecule has 24 heavy (non-hydrogen) atoms. The highest BCUT2D eigenvalue weighted by Crippen LogP contribution is 2.08. The van der Waals surface area contributed by atoms with E-state index in [-0.39, 0.29) is 0 Å². The van der Waals surface area contributed by atoms with Gasteiger partial charge in [-0.25, -0.2) is 9.67 Å². The van der Waals surface area contributed by atoms with E-state index >= 15 is 0 Å². The molecule has 0 aliphatic carbocycles. The zero-order valence-corrected chi connectivity index (χ0v) is 14.7. The number of guanidine groups is 1. The van der Waals surface area contributed by atoms with Crippen LogP contribution in [0.15, 0.2) is 60.4 Å². The van der Waals surface area contributed by atoms with Crippen molar-refractivity contribution in [3.05, 3.63) is 60.9 Å². The van der Waals surface area contributed by atoms with Crippen molar-refractivity contribution in [2.24, 2.45) is 4.99 Å². The Labute approximate surface area is 144 Å². The normalized spacial score (nSPS) is 11.3. The van der Waals surface area contributed by atoms with Gasteiger partial charge in [0, 0.05) is 31.9 Å². The second kappa shape index (κ2) is 9.55. The van der Waals surface area contributed by atoms with Crippen LogP contribution in [0.3, 0.4) is 0 Å². The average Bonchev–Trinajstić information content (AvgIpc) is 3.08. The van der Waals surface area contributed by atoms with Crippen molar-refractivity contribution in [3.8, 4) is 5.69 Å². The van der Waals surface area contributed by atoms with E-state index in [1.54, 1.807) is 0 Å². The summed E-state index contributed by atoms with van der Waals surface area (Å²) in [5.74, 6) is 0.925. The number of nitrogens with one attached hydrogen (secondary N) is 1. The van der Waals surface area contributed by atoms with Gasteiger partial charge >= 0.3 is 0 Å². The molecule has 0 amide bonds. The summed E-state index contributed by atoms with van der Waals surface area (Å²) in [6.45, 7) is 8.28. The van der Waals surface area contributed by atoms with Crippen molar-refractivity contribution in [2.75, 3.05) is 20.1 Å². The van der Waals surface area contributed by atoms with Gasteiger partial charge in [-0.2, -0.15) is 5.10 Å². The lowest BCUT2D eigenvalue weighted by Crippen LogP contribution is -2.39. The first-order valence-electron chi connectivity index (χ1n) is 8.44. The number of rotatable bonds is 8. The fourth-order valence-electron chi connectivity index (χ4n) is 2.38. The molecule has 5 nitrogen and oxygen atoms in total. The van der Waals surface area contributed by atoms with Gasteiger partial charge in [-0.1, -0.05) is 24.3 Å². The molecule has 1 heterocycles. The number of hydrogen-bond acceptors (Lipinski definition) is 2. The zero-order chi connectivity index (χ0) is 17.2. The standard InChI is InChI=1S/C19H27N5/c1-4-6-10-13-23(3)19(20-5-2)21-14-17-15-22-24(16-17)18-11-8-7-9-12-18/h4,7-9,11-12,15-16H,1,5-6,10,13-14H2,2-3H3,(H,20,21). The van der Waals surface area contributed by atoms with Gasteiger partial charge in [-0.3, -0.25) is 0 Å². The molecule has 1 aromatic carbocycles. The van der Waals surface area contributed by atoms with E-state index in [1.807, 2.05) is 53.5 Å². The first-order valence-corrected chi connectivity index (χ1v) is 8.44. The Bertz CT molecular complexity index is 645. The van der Waals surface area contributed by atoms with Crippen LogP contribution in [-0.4, -0.2) is 40.8 Å². The SMILES string of the molecule is C=CCCCN(C)C(=NCc1cnn(-c2ccccc2)c1)NCC. The number of para-hydroxylation sites is 1. The van der Waals surface area contributed by atoms with Gasteiger partial charge in [-0.15, -0.1) is 6.58 Å². The number of benzene rings is 1. The lowest BCUT2D eigenvalue weighted by atomic mass is 10.3. The van der Waals surface area contributed by atoms with Crippen LogP contribution in [0.25, 0.3) is 5.69 Å². The highest BCUT2D eigenvalue weighted by Gasteiger charge is 2.06. The average molecular weight is 325 g/mol. The van der Waals surface area contributed by atoms with Crippen molar-refractivity contribution >= 4 is 5.96 Å². The van der Waals surface area contributed by atoms with E-state index in [0.717, 1.165) is 43.1 Å². The van der Waals surface area contributed by atoms with E-state index in [4.69, 9.17) is 4.99 Å². The monoisotopic (exact) mass is 325 g/mol. The number of hydrogen-bond donors (Lipinski definition) is 1. The Morgan fingerprint density at radius 2 is 2.17 bits per heavy atom. The number of nitrogens with zero attached hydrogens (tertiary/aromatic N) is 4. The molecule has 0 unspecified atom stereocenters. The maximum absolute atomic E-state index is 4.72. The van der Waals surface area contributed by atoms with Crippen LogP contribution in [0.2, 0.25) is 0 Å². The molecule has 0 saturated heterocycles. The second-order valence-electron chi connectivity index (χ2n) is 5.65. The Hall–Kier alpha value is -2.56. The maximum atomic E-state index is 4.72. The van der Waals surface area contributed by atoms with Gasteiger partial charge in [-0.05, 0) is 31.9 Å². The molecule has 0 saturated carbocycles. The maximum Gasteiger partial charge on any atom is 0.193 e. The predicted octanol–water partition coefficient (Wildman–Crippen LogP) is 3.24. The molecule has 0 bridgehead atoms. The Kier molecular flexibility index (Phi) is 7.08. The molecule has 5 heteroatoms. The topological polar surface area (TPSA) is 45.5 Å². The van der Waals surface area contributed by atoms with Crippen LogP contribution < -0.4 is 5.32 Å². The zero-order valence-electron chi connectivity index (χ0n) is 14.7.